The van der Waals surface area contributed by atoms with Crippen LogP contribution >= 0.6 is 22.7 Å². The standard InChI is InChI=1S/C50H36F3N13S2/c1-26-15-38(45(67-26)33-7-3-9-37-42(33)60-47(58-37)43-34-17-30(22-56-46(34)63-61-43)28-5-4-13-54-20-28)66-24-31(29-16-27(19-55-21-29)23-65-14-12-50(52,53)25-65)18-35-44(62-64-49(35)66)48-57-36-8-2-6-32(41(36)59-48)39-10-11-40(51)68-39/h2-11,13,15-22H,12,14,23-25H2,1H3,(H,57,59)(H,58,60)(H,62,64)(H,56,61,63). The van der Waals surface area contributed by atoms with Crippen LogP contribution in [0.3, 0.4) is 0 Å². The second-order valence-corrected chi connectivity index (χ2v) is 19.5. The van der Waals surface area contributed by atoms with Crippen LogP contribution in [0.25, 0.3) is 99.8 Å². The first kappa shape index (κ1) is 40.5. The zero-order valence-corrected chi connectivity index (χ0v) is 37.6. The van der Waals surface area contributed by atoms with Crippen LogP contribution < -0.4 is 4.90 Å². The van der Waals surface area contributed by atoms with Gasteiger partial charge in [0, 0.05) is 88.1 Å². The van der Waals surface area contributed by atoms with E-state index in [0.29, 0.717) is 53.8 Å². The van der Waals surface area contributed by atoms with Gasteiger partial charge < -0.3 is 14.9 Å². The SMILES string of the molecule is Cc1cc(N2CC(c3cncc(CN4CCC(F)(F)C4)c3)=Cc3c(-c4nc5c(-c6ccc(F)s6)cccc5[nH]4)n[nH]c32)c(-c2cccc3[nH]c(-c4n[nH]c5ncc(-c6cccnc6)cc45)nc23)s1. The molecule has 0 spiro atoms. The van der Waals surface area contributed by atoms with Crippen molar-refractivity contribution in [2.75, 3.05) is 24.5 Å². The molecular weight excluding hydrogens is 904 g/mol. The number of rotatable bonds is 9. The van der Waals surface area contributed by atoms with Crippen LogP contribution in [0.1, 0.15) is 28.0 Å². The van der Waals surface area contributed by atoms with Gasteiger partial charge in [0.1, 0.15) is 17.2 Å². The molecule has 4 N–H and O–H groups in total. The number of benzene rings is 2. The van der Waals surface area contributed by atoms with Gasteiger partial charge in [0.25, 0.3) is 5.92 Å². The maximum Gasteiger partial charge on any atom is 0.261 e. The highest BCUT2D eigenvalue weighted by atomic mass is 32.1. The molecule has 9 aromatic heterocycles. The molecule has 0 aliphatic carbocycles. The minimum Gasteiger partial charge on any atom is -0.337 e. The molecule has 0 saturated carbocycles. The Bertz CT molecular complexity index is 3780. The fourth-order valence-corrected chi connectivity index (χ4v) is 11.3. The van der Waals surface area contributed by atoms with Crippen molar-refractivity contribution >= 4 is 78.9 Å². The number of aromatic amines is 4. The first-order chi connectivity index (χ1) is 33.2. The van der Waals surface area contributed by atoms with Gasteiger partial charge in [0.05, 0.1) is 51.1 Å². The topological polar surface area (TPSA) is 160 Å². The number of pyridine rings is 3. The number of para-hydroxylation sites is 2. The molecule has 0 bridgehead atoms. The molecule has 0 unspecified atom stereocenters. The Labute approximate surface area is 392 Å². The molecule has 11 heterocycles. The van der Waals surface area contributed by atoms with Crippen molar-refractivity contribution in [2.24, 2.45) is 0 Å². The number of aryl methyl sites for hydroxylation is 1. The van der Waals surface area contributed by atoms with Crippen LogP contribution in [0.4, 0.5) is 24.7 Å². The molecule has 2 aliphatic rings. The minimum absolute atomic E-state index is 0.152. The fourth-order valence-electron chi connectivity index (χ4n) is 9.46. The van der Waals surface area contributed by atoms with E-state index in [9.17, 15) is 13.2 Å². The molecule has 13 nitrogen and oxygen atoms in total. The van der Waals surface area contributed by atoms with Gasteiger partial charge in [-0.1, -0.05) is 30.3 Å². The van der Waals surface area contributed by atoms with Crippen LogP contribution in [-0.2, 0) is 6.54 Å². The molecule has 11 aromatic rings. The lowest BCUT2D eigenvalue weighted by Gasteiger charge is -2.29. The molecular formula is C50H36F3N13S2. The number of hydrogen-bond acceptors (Lipinski definition) is 11. The maximum absolute atomic E-state index is 14.3. The molecule has 1 saturated heterocycles. The number of H-pyrrole nitrogens is 4. The van der Waals surface area contributed by atoms with Crippen LogP contribution in [0.15, 0.2) is 110 Å². The van der Waals surface area contributed by atoms with E-state index in [2.05, 4.69) is 76.3 Å². The van der Waals surface area contributed by atoms with Crippen LogP contribution in [0, 0.1) is 12.1 Å². The van der Waals surface area contributed by atoms with E-state index >= 15 is 0 Å². The first-order valence-corrected chi connectivity index (χ1v) is 23.5. The van der Waals surface area contributed by atoms with Crippen molar-refractivity contribution < 1.29 is 13.2 Å². The Morgan fingerprint density at radius 2 is 1.56 bits per heavy atom. The third-order valence-corrected chi connectivity index (χ3v) is 14.6. The molecule has 68 heavy (non-hydrogen) atoms. The highest BCUT2D eigenvalue weighted by Crippen LogP contribution is 2.48. The van der Waals surface area contributed by atoms with E-state index in [0.717, 1.165) is 104 Å². The lowest BCUT2D eigenvalue weighted by Crippen LogP contribution is -2.25. The third kappa shape index (κ3) is 6.98. The molecule has 13 rings (SSSR count). The van der Waals surface area contributed by atoms with E-state index < -0.39 is 5.92 Å². The van der Waals surface area contributed by atoms with E-state index in [-0.39, 0.29) is 18.1 Å². The normalized spacial score (nSPS) is 15.0. The number of likely N-dealkylation sites (tertiary alicyclic amines) is 1. The Hall–Kier alpha value is -7.80. The Kier molecular flexibility index (Phi) is 9.31. The molecule has 2 aliphatic heterocycles. The average molecular weight is 940 g/mol. The number of aromatic nitrogens is 11. The van der Waals surface area contributed by atoms with Crippen molar-refractivity contribution in [3.63, 3.8) is 0 Å². The molecule has 1 fully saturated rings. The second kappa shape index (κ2) is 15.6. The smallest absolute Gasteiger partial charge is 0.261 e. The monoisotopic (exact) mass is 939 g/mol. The van der Waals surface area contributed by atoms with Gasteiger partial charge in [0.15, 0.2) is 22.4 Å². The molecule has 2 aromatic carbocycles. The number of alkyl halides is 2. The van der Waals surface area contributed by atoms with Crippen molar-refractivity contribution in [2.45, 2.75) is 25.8 Å². The lowest BCUT2D eigenvalue weighted by atomic mass is 9.97. The average Bonchev–Trinajstić information content (AvgIpc) is 4.22. The van der Waals surface area contributed by atoms with Crippen LogP contribution in [-0.4, -0.2) is 85.7 Å². The number of fused-ring (bicyclic) bond motifs is 4. The van der Waals surface area contributed by atoms with Gasteiger partial charge in [-0.25, -0.2) is 23.7 Å². The number of nitrogens with one attached hydrogen (secondary N) is 4. The third-order valence-electron chi connectivity index (χ3n) is 12.6. The highest BCUT2D eigenvalue weighted by molar-refractivity contribution is 7.16. The number of hydrogen-bond donors (Lipinski definition) is 4. The zero-order chi connectivity index (χ0) is 45.7. The van der Waals surface area contributed by atoms with E-state index in [4.69, 9.17) is 15.1 Å². The summed E-state index contributed by atoms with van der Waals surface area (Å²) in [6.45, 7) is 2.95. The zero-order valence-electron chi connectivity index (χ0n) is 36.0. The van der Waals surface area contributed by atoms with Crippen LogP contribution in [0.2, 0.25) is 0 Å². The summed E-state index contributed by atoms with van der Waals surface area (Å²) < 4.78 is 42.8. The lowest BCUT2D eigenvalue weighted by molar-refractivity contribution is 0.0115. The number of thiophene rings is 2. The molecule has 334 valence electrons. The van der Waals surface area contributed by atoms with Gasteiger partial charge in [-0.2, -0.15) is 14.6 Å². The Morgan fingerprint density at radius 1 is 0.765 bits per heavy atom. The minimum atomic E-state index is -2.70. The van der Waals surface area contributed by atoms with Gasteiger partial charge in [-0.3, -0.25) is 25.1 Å². The van der Waals surface area contributed by atoms with E-state index in [1.54, 1.807) is 34.7 Å². The van der Waals surface area contributed by atoms with Crippen molar-refractivity contribution in [1.82, 2.24) is 60.2 Å². The fraction of sp³-hybridized carbons (Fsp3) is 0.140. The van der Waals surface area contributed by atoms with Gasteiger partial charge in [0.2, 0.25) is 0 Å². The number of anilines is 2. The van der Waals surface area contributed by atoms with E-state index in [1.165, 1.54) is 6.07 Å². The summed E-state index contributed by atoms with van der Waals surface area (Å²) in [5.74, 6) is -0.783. The molecule has 0 atom stereocenters. The second-order valence-electron chi connectivity index (χ2n) is 17.2. The van der Waals surface area contributed by atoms with Gasteiger partial charge in [-0.15, -0.1) is 22.7 Å². The summed E-state index contributed by atoms with van der Waals surface area (Å²) in [5, 5.41) is 16.6. The summed E-state index contributed by atoms with van der Waals surface area (Å²) >= 11 is 2.75. The highest BCUT2D eigenvalue weighted by Gasteiger charge is 2.38. The Morgan fingerprint density at radius 3 is 2.34 bits per heavy atom. The van der Waals surface area contributed by atoms with Crippen LogP contribution in [0.5, 0.6) is 0 Å². The number of halogens is 3. The molecule has 0 amide bonds. The maximum atomic E-state index is 14.3. The number of nitrogens with zero attached hydrogens (tertiary/aromatic N) is 9. The van der Waals surface area contributed by atoms with Gasteiger partial charge >= 0.3 is 0 Å². The van der Waals surface area contributed by atoms with Gasteiger partial charge in [-0.05, 0) is 78.2 Å². The summed E-state index contributed by atoms with van der Waals surface area (Å²) in [6, 6.07) is 25.4. The largest absolute Gasteiger partial charge is 0.337 e. The van der Waals surface area contributed by atoms with E-state index in [1.807, 2.05) is 67.1 Å². The summed E-state index contributed by atoms with van der Waals surface area (Å²) in [5.41, 5.74) is 13.1. The Balaban J connectivity index is 0.926. The summed E-state index contributed by atoms with van der Waals surface area (Å²) in [4.78, 5) is 37.8. The summed E-state index contributed by atoms with van der Waals surface area (Å²) in [6.07, 6.45) is 10.9. The van der Waals surface area contributed by atoms with Crippen molar-refractivity contribution in [3.05, 3.63) is 137 Å². The molecule has 0 radical (unpaired) electrons. The number of imidazole rings is 2. The first-order valence-electron chi connectivity index (χ1n) is 21.9. The quantitative estimate of drug-likeness (QED) is 0.110. The predicted molar refractivity (Wildman–Crippen MR) is 261 cm³/mol. The summed E-state index contributed by atoms with van der Waals surface area (Å²) in [7, 11) is 0. The van der Waals surface area contributed by atoms with Crippen molar-refractivity contribution in [3.8, 4) is 55.0 Å². The predicted octanol–water partition coefficient (Wildman–Crippen LogP) is 11.7. The molecule has 18 heteroatoms. The van der Waals surface area contributed by atoms with Crippen molar-refractivity contribution in [1.29, 1.82) is 0 Å².